The third-order valence-corrected chi connectivity index (χ3v) is 4.43. The first-order chi connectivity index (χ1) is 9.72. The molecule has 0 atom stereocenters. The van der Waals surface area contributed by atoms with Crippen molar-refractivity contribution < 1.29 is 9.53 Å². The van der Waals surface area contributed by atoms with Crippen LogP contribution in [0.2, 0.25) is 0 Å². The van der Waals surface area contributed by atoms with E-state index in [0.29, 0.717) is 31.6 Å². The molecule has 1 N–H and O–H groups in total. The standard InChI is InChI=1S/C16H14N2O2/c17-9-16(3-5-20-6-4-16)18-15(19)12-2-1-11-13-7-10(13)8-14(11)12/h1-2,8H,3-7H2,(H,18,19). The van der Waals surface area contributed by atoms with Gasteiger partial charge in [-0.05, 0) is 40.9 Å². The fourth-order valence-corrected chi connectivity index (χ4v) is 3.10. The minimum atomic E-state index is -0.776. The van der Waals surface area contributed by atoms with Crippen molar-refractivity contribution in [2.24, 2.45) is 0 Å². The van der Waals surface area contributed by atoms with Crippen molar-refractivity contribution in [1.82, 2.24) is 5.32 Å². The molecule has 1 heterocycles. The van der Waals surface area contributed by atoms with Gasteiger partial charge in [0.15, 0.2) is 0 Å². The average Bonchev–Trinajstić information content (AvgIpc) is 2.95. The van der Waals surface area contributed by atoms with Crippen LogP contribution in [-0.4, -0.2) is 24.7 Å². The summed E-state index contributed by atoms with van der Waals surface area (Å²) in [6, 6.07) is 2.26. The van der Waals surface area contributed by atoms with Gasteiger partial charge in [0.25, 0.3) is 5.91 Å². The summed E-state index contributed by atoms with van der Waals surface area (Å²) in [5, 5.41) is 12.3. The van der Waals surface area contributed by atoms with E-state index in [1.54, 1.807) is 0 Å². The summed E-state index contributed by atoms with van der Waals surface area (Å²) in [7, 11) is 0. The lowest BCUT2D eigenvalue weighted by Crippen LogP contribution is -2.51. The molecule has 0 bridgehead atoms. The highest BCUT2D eigenvalue weighted by Crippen LogP contribution is 2.51. The summed E-state index contributed by atoms with van der Waals surface area (Å²) in [4.78, 5) is 12.5. The van der Waals surface area contributed by atoms with Crippen LogP contribution in [0.25, 0.3) is 0 Å². The van der Waals surface area contributed by atoms with Crippen LogP contribution in [0.3, 0.4) is 0 Å². The van der Waals surface area contributed by atoms with E-state index in [1.165, 1.54) is 16.7 Å². The second kappa shape index (κ2) is 3.94. The molecule has 100 valence electrons. The van der Waals surface area contributed by atoms with Gasteiger partial charge in [0, 0.05) is 31.6 Å². The Balaban J connectivity index is 1.59. The maximum Gasteiger partial charge on any atom is 0.253 e. The van der Waals surface area contributed by atoms with Crippen molar-refractivity contribution in [3.05, 3.63) is 46.1 Å². The zero-order chi connectivity index (χ0) is 13.7. The number of nitriles is 1. The normalized spacial score (nSPS) is 25.1. The number of nitrogens with one attached hydrogen (secondary N) is 1. The molecule has 0 unspecified atom stereocenters. The van der Waals surface area contributed by atoms with Crippen LogP contribution >= 0.6 is 0 Å². The molecule has 4 nitrogen and oxygen atoms in total. The van der Waals surface area contributed by atoms with Crippen molar-refractivity contribution in [3.8, 4) is 6.07 Å². The Hall–Kier alpha value is -2.12. The van der Waals surface area contributed by atoms with Gasteiger partial charge < -0.3 is 10.1 Å². The highest BCUT2D eigenvalue weighted by molar-refractivity contribution is 6.02. The Morgan fingerprint density at radius 3 is 2.85 bits per heavy atom. The van der Waals surface area contributed by atoms with Gasteiger partial charge in [-0.25, -0.2) is 0 Å². The third kappa shape index (κ3) is 1.60. The second-order valence-corrected chi connectivity index (χ2v) is 5.66. The van der Waals surface area contributed by atoms with E-state index in [-0.39, 0.29) is 5.91 Å². The summed E-state index contributed by atoms with van der Waals surface area (Å²) in [6.45, 7) is 1.05. The lowest BCUT2D eigenvalue weighted by atomic mass is 9.91. The summed E-state index contributed by atoms with van der Waals surface area (Å²) < 4.78 is 5.28. The van der Waals surface area contributed by atoms with Crippen LogP contribution in [0.5, 0.6) is 0 Å². The van der Waals surface area contributed by atoms with Gasteiger partial charge in [0.05, 0.1) is 6.07 Å². The number of rotatable bonds is 2. The molecule has 1 saturated heterocycles. The minimum Gasteiger partial charge on any atom is -0.381 e. The number of carbonyl (C=O) groups excluding carboxylic acids is 1. The Labute approximate surface area is 117 Å². The van der Waals surface area contributed by atoms with Crippen LogP contribution < -0.4 is 5.32 Å². The highest BCUT2D eigenvalue weighted by Gasteiger charge is 2.38. The van der Waals surface area contributed by atoms with E-state index in [0.717, 1.165) is 12.0 Å². The van der Waals surface area contributed by atoms with Crippen molar-refractivity contribution in [2.45, 2.75) is 24.8 Å². The lowest BCUT2D eigenvalue weighted by Gasteiger charge is -2.31. The van der Waals surface area contributed by atoms with Crippen LogP contribution in [0, 0.1) is 11.3 Å². The van der Waals surface area contributed by atoms with Gasteiger partial charge in [0.2, 0.25) is 0 Å². The van der Waals surface area contributed by atoms with Gasteiger partial charge in [0.1, 0.15) is 5.54 Å². The summed E-state index contributed by atoms with van der Waals surface area (Å²) >= 11 is 0. The quantitative estimate of drug-likeness (QED) is 0.827. The number of nitrogens with zero attached hydrogens (tertiary/aromatic N) is 1. The van der Waals surface area contributed by atoms with Crippen LogP contribution in [-0.2, 0) is 9.53 Å². The van der Waals surface area contributed by atoms with E-state index in [1.807, 2.05) is 12.2 Å². The molecule has 20 heavy (non-hydrogen) atoms. The van der Waals surface area contributed by atoms with E-state index in [4.69, 9.17) is 4.74 Å². The zero-order valence-electron chi connectivity index (χ0n) is 11.0. The molecule has 2 fully saturated rings. The number of fused-ring (bicyclic) bond motifs is 2. The van der Waals surface area contributed by atoms with E-state index >= 15 is 0 Å². The van der Waals surface area contributed by atoms with Crippen molar-refractivity contribution >= 4 is 5.91 Å². The highest BCUT2D eigenvalue weighted by atomic mass is 16.5. The van der Waals surface area contributed by atoms with Gasteiger partial charge >= 0.3 is 0 Å². The largest absolute Gasteiger partial charge is 0.381 e. The summed E-state index contributed by atoms with van der Waals surface area (Å²) in [6.07, 6.45) is 8.15. The van der Waals surface area contributed by atoms with Crippen LogP contribution in [0.4, 0.5) is 0 Å². The predicted octanol–water partition coefficient (Wildman–Crippen LogP) is 1.68. The molecule has 0 aromatic carbocycles. The first-order valence-corrected chi connectivity index (χ1v) is 6.91. The minimum absolute atomic E-state index is 0.145. The first-order valence-electron chi connectivity index (χ1n) is 6.91. The van der Waals surface area contributed by atoms with Gasteiger partial charge in [-0.1, -0.05) is 6.08 Å². The maximum atomic E-state index is 12.5. The molecule has 4 heteroatoms. The number of amides is 1. The number of carbonyl (C=O) groups is 1. The number of hydrogen-bond acceptors (Lipinski definition) is 3. The van der Waals surface area contributed by atoms with Crippen molar-refractivity contribution in [3.63, 3.8) is 0 Å². The molecule has 0 aromatic heterocycles. The number of allylic oxidation sites excluding steroid dienone is 6. The molecule has 3 aliphatic carbocycles. The van der Waals surface area contributed by atoms with E-state index < -0.39 is 5.54 Å². The fraction of sp³-hybridized carbons (Fsp3) is 0.375. The molecule has 0 spiro atoms. The van der Waals surface area contributed by atoms with Crippen molar-refractivity contribution in [2.75, 3.05) is 13.2 Å². The molecule has 4 rings (SSSR count). The number of ether oxygens (including phenoxy) is 1. The fourth-order valence-electron chi connectivity index (χ4n) is 3.10. The molecule has 0 aromatic rings. The summed E-state index contributed by atoms with van der Waals surface area (Å²) in [5.74, 6) is -0.145. The number of hydrogen-bond donors (Lipinski definition) is 1. The lowest BCUT2D eigenvalue weighted by molar-refractivity contribution is -0.119. The Morgan fingerprint density at radius 2 is 2.10 bits per heavy atom. The smallest absolute Gasteiger partial charge is 0.253 e. The van der Waals surface area contributed by atoms with Crippen molar-refractivity contribution in [1.29, 1.82) is 5.26 Å². The summed E-state index contributed by atoms with van der Waals surface area (Å²) in [5.41, 5.74) is 4.86. The Bertz CT molecular complexity index is 680. The second-order valence-electron chi connectivity index (χ2n) is 5.66. The SMILES string of the molecule is N#CC1(NC(=O)C2=C3C=C4CC4=C3C=C2)CCOCC1. The molecule has 1 amide bonds. The molecule has 1 saturated carbocycles. The van der Waals surface area contributed by atoms with E-state index in [2.05, 4.69) is 17.5 Å². The average molecular weight is 266 g/mol. The van der Waals surface area contributed by atoms with Crippen LogP contribution in [0.15, 0.2) is 46.1 Å². The Kier molecular flexibility index (Phi) is 2.30. The maximum absolute atomic E-state index is 12.5. The van der Waals surface area contributed by atoms with Crippen LogP contribution in [0.1, 0.15) is 19.3 Å². The predicted molar refractivity (Wildman–Crippen MR) is 72.4 cm³/mol. The van der Waals surface area contributed by atoms with Gasteiger partial charge in [-0.2, -0.15) is 5.26 Å². The van der Waals surface area contributed by atoms with Gasteiger partial charge in [-0.3, -0.25) is 4.79 Å². The molecular weight excluding hydrogens is 252 g/mol. The first kappa shape index (κ1) is 11.7. The van der Waals surface area contributed by atoms with E-state index in [9.17, 15) is 10.1 Å². The topological polar surface area (TPSA) is 62.1 Å². The van der Waals surface area contributed by atoms with Gasteiger partial charge in [-0.15, -0.1) is 0 Å². The third-order valence-electron chi connectivity index (χ3n) is 4.43. The molecular formula is C16H14N2O2. The Morgan fingerprint density at radius 1 is 1.30 bits per heavy atom. The molecule has 0 radical (unpaired) electrons. The zero-order valence-corrected chi connectivity index (χ0v) is 11.0. The molecule has 4 aliphatic rings. The monoisotopic (exact) mass is 266 g/mol. The molecule has 1 aliphatic heterocycles.